The Morgan fingerprint density at radius 1 is 1.00 bits per heavy atom. The second-order valence-electron chi connectivity index (χ2n) is 12.1. The smallest absolute Gasteiger partial charge is 0.328 e. The molecule has 1 aromatic rings. The molecule has 4 aliphatic carbocycles. The number of benzene rings is 1. The molecule has 0 bridgehead atoms. The average molecular weight is 450 g/mol. The third-order valence-corrected chi connectivity index (χ3v) is 10.8. The van der Waals surface area contributed by atoms with Crippen LogP contribution < -0.4 is 5.32 Å². The molecule has 0 amide bonds. The number of ether oxygens (including phenoxy) is 1. The van der Waals surface area contributed by atoms with Gasteiger partial charge in [0.1, 0.15) is 12.1 Å². The normalized spacial score (nSPS) is 47.1. The van der Waals surface area contributed by atoms with E-state index in [0.29, 0.717) is 11.8 Å². The van der Waals surface area contributed by atoms with E-state index in [1.807, 2.05) is 30.3 Å². The molecule has 3 saturated carbocycles. The largest absolute Gasteiger partial charge is 0.459 e. The second kappa shape index (κ2) is 7.95. The molecule has 1 aromatic carbocycles. The summed E-state index contributed by atoms with van der Waals surface area (Å²) in [7, 11) is 0. The maximum atomic E-state index is 13.0. The van der Waals surface area contributed by atoms with Gasteiger partial charge in [-0.05, 0) is 85.5 Å². The molecule has 178 valence electrons. The van der Waals surface area contributed by atoms with Gasteiger partial charge < -0.3 is 9.84 Å². The molecule has 6 rings (SSSR count). The third-order valence-electron chi connectivity index (χ3n) is 10.8. The summed E-state index contributed by atoms with van der Waals surface area (Å²) in [6, 6.07) is 9.61. The summed E-state index contributed by atoms with van der Waals surface area (Å²) >= 11 is 0. The SMILES string of the molecule is C[C@]12CCC(O)CC1=CC[C@@H]1[C@H]2CC[C@]2(C)C(C3CNC(c4ccccc4)C(=O)O3)CC[C@@H]12. The van der Waals surface area contributed by atoms with Crippen LogP contribution in [0.5, 0.6) is 0 Å². The lowest BCUT2D eigenvalue weighted by Crippen LogP contribution is -2.54. The minimum Gasteiger partial charge on any atom is -0.459 e. The summed E-state index contributed by atoms with van der Waals surface area (Å²) in [5.41, 5.74) is 3.07. The molecular weight excluding hydrogens is 410 g/mol. The first kappa shape index (κ1) is 21.9. The Bertz CT molecular complexity index is 943. The van der Waals surface area contributed by atoms with Gasteiger partial charge in [0.05, 0.1) is 6.10 Å². The Labute approximate surface area is 198 Å². The minimum absolute atomic E-state index is 0.0147. The van der Waals surface area contributed by atoms with Gasteiger partial charge in [-0.3, -0.25) is 5.32 Å². The summed E-state index contributed by atoms with van der Waals surface area (Å²) in [4.78, 5) is 13.0. The molecule has 33 heavy (non-hydrogen) atoms. The van der Waals surface area contributed by atoms with Gasteiger partial charge in [0.2, 0.25) is 0 Å². The number of allylic oxidation sites excluding steroid dienone is 1. The first-order valence-corrected chi connectivity index (χ1v) is 13.3. The first-order chi connectivity index (χ1) is 15.9. The second-order valence-corrected chi connectivity index (χ2v) is 12.1. The van der Waals surface area contributed by atoms with Crippen LogP contribution >= 0.6 is 0 Å². The van der Waals surface area contributed by atoms with Gasteiger partial charge >= 0.3 is 5.97 Å². The van der Waals surface area contributed by atoms with Crippen molar-refractivity contribution in [3.8, 4) is 0 Å². The fourth-order valence-corrected chi connectivity index (χ4v) is 8.99. The van der Waals surface area contributed by atoms with Crippen LogP contribution in [0.3, 0.4) is 0 Å². The number of cyclic esters (lactones) is 1. The molecule has 0 aromatic heterocycles. The van der Waals surface area contributed by atoms with Crippen LogP contribution in [0.1, 0.15) is 76.8 Å². The zero-order chi connectivity index (χ0) is 22.8. The molecular formula is C29H39NO3. The van der Waals surface area contributed by atoms with Crippen LogP contribution in [-0.4, -0.2) is 29.8 Å². The summed E-state index contributed by atoms with van der Waals surface area (Å²) in [6.07, 6.45) is 11.5. The number of fused-ring (bicyclic) bond motifs is 5. The molecule has 1 aliphatic heterocycles. The van der Waals surface area contributed by atoms with E-state index < -0.39 is 0 Å². The fraction of sp³-hybridized carbons (Fsp3) is 0.690. The number of morpholine rings is 1. The maximum absolute atomic E-state index is 13.0. The molecule has 9 atom stereocenters. The third kappa shape index (κ3) is 3.35. The number of hydrogen-bond donors (Lipinski definition) is 2. The van der Waals surface area contributed by atoms with Crippen LogP contribution in [0.15, 0.2) is 42.0 Å². The van der Waals surface area contributed by atoms with Crippen LogP contribution in [0, 0.1) is 34.5 Å². The van der Waals surface area contributed by atoms with E-state index in [0.717, 1.165) is 43.2 Å². The Kier molecular flexibility index (Phi) is 5.26. The molecule has 4 fully saturated rings. The highest BCUT2D eigenvalue weighted by Gasteiger charge is 2.60. The molecule has 1 saturated heterocycles. The lowest BCUT2D eigenvalue weighted by atomic mass is 9.47. The molecule has 4 heteroatoms. The number of hydrogen-bond acceptors (Lipinski definition) is 4. The minimum atomic E-state index is -0.341. The monoisotopic (exact) mass is 449 g/mol. The molecule has 1 heterocycles. The molecule has 0 radical (unpaired) electrons. The van der Waals surface area contributed by atoms with Gasteiger partial charge in [-0.25, -0.2) is 4.79 Å². The average Bonchev–Trinajstić information content (AvgIpc) is 3.17. The Morgan fingerprint density at radius 2 is 1.79 bits per heavy atom. The van der Waals surface area contributed by atoms with Gasteiger partial charge in [0, 0.05) is 12.5 Å². The van der Waals surface area contributed by atoms with E-state index >= 15 is 0 Å². The van der Waals surface area contributed by atoms with Crippen LogP contribution in [-0.2, 0) is 9.53 Å². The first-order valence-electron chi connectivity index (χ1n) is 13.3. The molecule has 2 N–H and O–H groups in total. The highest BCUT2D eigenvalue weighted by atomic mass is 16.5. The maximum Gasteiger partial charge on any atom is 0.328 e. The van der Waals surface area contributed by atoms with E-state index in [-0.39, 0.29) is 35.0 Å². The summed E-state index contributed by atoms with van der Waals surface area (Å²) in [6.45, 7) is 5.76. The Balaban J connectivity index is 1.20. The number of nitrogens with one attached hydrogen (secondary N) is 1. The van der Waals surface area contributed by atoms with Crippen molar-refractivity contribution in [3.63, 3.8) is 0 Å². The van der Waals surface area contributed by atoms with Gasteiger partial charge in [-0.1, -0.05) is 55.8 Å². The number of aliphatic hydroxyl groups excluding tert-OH is 1. The molecule has 4 unspecified atom stereocenters. The lowest BCUT2D eigenvalue weighted by Gasteiger charge is -2.58. The molecule has 5 aliphatic rings. The highest BCUT2D eigenvalue weighted by Crippen LogP contribution is 2.66. The van der Waals surface area contributed by atoms with Crippen molar-refractivity contribution in [1.29, 1.82) is 0 Å². The number of esters is 1. The predicted octanol–water partition coefficient (Wildman–Crippen LogP) is 5.18. The van der Waals surface area contributed by atoms with Crippen LogP contribution in [0.2, 0.25) is 0 Å². The Hall–Kier alpha value is -1.65. The van der Waals surface area contributed by atoms with Crippen molar-refractivity contribution in [1.82, 2.24) is 5.32 Å². The predicted molar refractivity (Wildman–Crippen MR) is 128 cm³/mol. The quantitative estimate of drug-likeness (QED) is 0.482. The fourth-order valence-electron chi connectivity index (χ4n) is 8.99. The topological polar surface area (TPSA) is 58.6 Å². The number of aliphatic hydroxyl groups is 1. The Morgan fingerprint density at radius 3 is 2.58 bits per heavy atom. The van der Waals surface area contributed by atoms with Gasteiger partial charge in [0.15, 0.2) is 0 Å². The van der Waals surface area contributed by atoms with Crippen LogP contribution in [0.25, 0.3) is 0 Å². The van der Waals surface area contributed by atoms with Crippen molar-refractivity contribution in [2.24, 2.45) is 34.5 Å². The van der Waals surface area contributed by atoms with Crippen molar-refractivity contribution in [2.45, 2.75) is 83.5 Å². The van der Waals surface area contributed by atoms with Crippen molar-refractivity contribution in [2.75, 3.05) is 6.54 Å². The number of rotatable bonds is 2. The van der Waals surface area contributed by atoms with E-state index in [2.05, 4.69) is 25.2 Å². The zero-order valence-electron chi connectivity index (χ0n) is 20.1. The van der Waals surface area contributed by atoms with Gasteiger partial charge in [-0.2, -0.15) is 0 Å². The summed E-state index contributed by atoms with van der Waals surface area (Å²) in [5, 5.41) is 13.8. The molecule has 4 nitrogen and oxygen atoms in total. The summed E-state index contributed by atoms with van der Waals surface area (Å²) < 4.78 is 6.16. The molecule has 0 spiro atoms. The standard InChI is InChI=1S/C29H39NO3/c1-28-14-12-20(31)16-19(28)8-9-21-22-10-11-24(29(22,2)15-13-23(21)28)25-17-30-26(27(32)33-25)18-6-4-3-5-7-18/h3-8,20-26,30-31H,9-17H2,1-2H3/t20?,21-,22-,23+,24?,25?,26?,28-,29-/m0/s1. The van der Waals surface area contributed by atoms with E-state index in [1.54, 1.807) is 0 Å². The van der Waals surface area contributed by atoms with E-state index in [9.17, 15) is 9.90 Å². The van der Waals surface area contributed by atoms with Crippen molar-refractivity contribution < 1.29 is 14.6 Å². The van der Waals surface area contributed by atoms with Crippen molar-refractivity contribution >= 4 is 5.97 Å². The van der Waals surface area contributed by atoms with Gasteiger partial charge in [0.25, 0.3) is 0 Å². The summed E-state index contributed by atoms with van der Waals surface area (Å²) in [5.74, 6) is 2.53. The zero-order valence-corrected chi connectivity index (χ0v) is 20.1. The lowest BCUT2D eigenvalue weighted by molar-refractivity contribution is -0.165. The van der Waals surface area contributed by atoms with Crippen molar-refractivity contribution in [3.05, 3.63) is 47.5 Å². The van der Waals surface area contributed by atoms with Gasteiger partial charge in [-0.15, -0.1) is 0 Å². The highest BCUT2D eigenvalue weighted by molar-refractivity contribution is 5.78. The number of carbonyl (C=O) groups is 1. The number of carbonyl (C=O) groups excluding carboxylic acids is 1. The van der Waals surface area contributed by atoms with Crippen LogP contribution in [0.4, 0.5) is 0 Å². The van der Waals surface area contributed by atoms with E-state index in [4.69, 9.17) is 4.74 Å². The van der Waals surface area contributed by atoms with E-state index in [1.165, 1.54) is 37.7 Å².